The lowest BCUT2D eigenvalue weighted by Gasteiger charge is -2.32. The highest BCUT2D eigenvalue weighted by atomic mass is 15.0. The standard InChI is InChI=1S/C28H28N2/c1-21-13-9-11-19-25(21)29-27(23-15-5-3-6-16-23)28(24-17-7-4-8-18-24)30-26-20-12-10-14-22(26)2/h3-20,27-30H,1-2H3/t27-,28-/m0/s1. The Morgan fingerprint density at radius 2 is 0.767 bits per heavy atom. The number of hydrogen-bond donors (Lipinski definition) is 2. The van der Waals surface area contributed by atoms with Crippen molar-refractivity contribution in [1.29, 1.82) is 0 Å². The molecule has 4 aromatic carbocycles. The lowest BCUT2D eigenvalue weighted by molar-refractivity contribution is 0.649. The highest BCUT2D eigenvalue weighted by Gasteiger charge is 2.25. The Balaban J connectivity index is 1.80. The molecule has 4 rings (SSSR count). The number of hydrogen-bond acceptors (Lipinski definition) is 2. The molecule has 2 nitrogen and oxygen atoms in total. The maximum absolute atomic E-state index is 3.84. The van der Waals surface area contributed by atoms with Gasteiger partial charge in [-0.3, -0.25) is 0 Å². The summed E-state index contributed by atoms with van der Waals surface area (Å²) in [5.41, 5.74) is 7.27. The monoisotopic (exact) mass is 392 g/mol. The summed E-state index contributed by atoms with van der Waals surface area (Å²) in [6.45, 7) is 4.30. The van der Waals surface area contributed by atoms with Crippen LogP contribution in [0.3, 0.4) is 0 Å². The lowest BCUT2D eigenvalue weighted by Crippen LogP contribution is -2.26. The summed E-state index contributed by atoms with van der Waals surface area (Å²) in [7, 11) is 0. The summed E-state index contributed by atoms with van der Waals surface area (Å²) in [4.78, 5) is 0. The van der Waals surface area contributed by atoms with Crippen LogP contribution in [0.4, 0.5) is 11.4 Å². The molecule has 4 aromatic rings. The molecule has 2 atom stereocenters. The van der Waals surface area contributed by atoms with Crippen LogP contribution in [0, 0.1) is 13.8 Å². The largest absolute Gasteiger partial charge is 0.376 e. The Morgan fingerprint density at radius 1 is 0.433 bits per heavy atom. The van der Waals surface area contributed by atoms with Crippen molar-refractivity contribution in [2.45, 2.75) is 25.9 Å². The van der Waals surface area contributed by atoms with Gasteiger partial charge < -0.3 is 10.6 Å². The predicted molar refractivity (Wildman–Crippen MR) is 128 cm³/mol. The summed E-state index contributed by atoms with van der Waals surface area (Å²) < 4.78 is 0. The molecular formula is C28H28N2. The van der Waals surface area contributed by atoms with Crippen LogP contribution in [0.25, 0.3) is 0 Å². The van der Waals surface area contributed by atoms with E-state index in [2.05, 4.69) is 134 Å². The lowest BCUT2D eigenvalue weighted by atomic mass is 9.92. The third-order valence-corrected chi connectivity index (χ3v) is 5.56. The van der Waals surface area contributed by atoms with Crippen molar-refractivity contribution >= 4 is 11.4 Å². The molecule has 0 bridgehead atoms. The zero-order chi connectivity index (χ0) is 20.8. The smallest absolute Gasteiger partial charge is 0.0757 e. The number of anilines is 2. The fourth-order valence-corrected chi connectivity index (χ4v) is 3.84. The van der Waals surface area contributed by atoms with Gasteiger partial charge in [-0.05, 0) is 48.2 Å². The van der Waals surface area contributed by atoms with E-state index >= 15 is 0 Å². The highest BCUT2D eigenvalue weighted by molar-refractivity contribution is 5.56. The van der Waals surface area contributed by atoms with E-state index in [1.807, 2.05) is 0 Å². The first-order chi connectivity index (χ1) is 14.7. The summed E-state index contributed by atoms with van der Waals surface area (Å²) in [6.07, 6.45) is 0. The van der Waals surface area contributed by atoms with Gasteiger partial charge in [0.15, 0.2) is 0 Å². The average molecular weight is 393 g/mol. The molecule has 0 saturated carbocycles. The molecule has 0 fully saturated rings. The van der Waals surface area contributed by atoms with E-state index in [1.165, 1.54) is 22.3 Å². The van der Waals surface area contributed by atoms with E-state index in [9.17, 15) is 0 Å². The maximum atomic E-state index is 3.84. The van der Waals surface area contributed by atoms with Gasteiger partial charge in [0, 0.05) is 11.4 Å². The van der Waals surface area contributed by atoms with Gasteiger partial charge >= 0.3 is 0 Å². The number of benzene rings is 4. The van der Waals surface area contributed by atoms with Gasteiger partial charge in [0.1, 0.15) is 0 Å². The summed E-state index contributed by atoms with van der Waals surface area (Å²) >= 11 is 0. The predicted octanol–water partition coefficient (Wildman–Crippen LogP) is 7.31. The zero-order valence-electron chi connectivity index (χ0n) is 17.5. The first-order valence-corrected chi connectivity index (χ1v) is 10.5. The summed E-state index contributed by atoms with van der Waals surface area (Å²) in [6, 6.07) is 38.4. The van der Waals surface area contributed by atoms with Crippen molar-refractivity contribution in [3.63, 3.8) is 0 Å². The highest BCUT2D eigenvalue weighted by Crippen LogP contribution is 2.36. The van der Waals surface area contributed by atoms with Gasteiger partial charge in [0.05, 0.1) is 12.1 Å². The van der Waals surface area contributed by atoms with Gasteiger partial charge in [-0.15, -0.1) is 0 Å². The van der Waals surface area contributed by atoms with E-state index in [4.69, 9.17) is 0 Å². The van der Waals surface area contributed by atoms with E-state index in [0.717, 1.165) is 11.4 Å². The minimum atomic E-state index is 0.0503. The molecule has 150 valence electrons. The Labute approximate surface area is 179 Å². The fourth-order valence-electron chi connectivity index (χ4n) is 3.84. The molecule has 30 heavy (non-hydrogen) atoms. The molecule has 0 amide bonds. The maximum Gasteiger partial charge on any atom is 0.0757 e. The van der Waals surface area contributed by atoms with Crippen molar-refractivity contribution in [2.24, 2.45) is 0 Å². The molecule has 0 aliphatic heterocycles. The van der Waals surface area contributed by atoms with Gasteiger partial charge in [0.2, 0.25) is 0 Å². The Morgan fingerprint density at radius 3 is 1.13 bits per heavy atom. The van der Waals surface area contributed by atoms with Crippen molar-refractivity contribution in [1.82, 2.24) is 0 Å². The normalized spacial score (nSPS) is 12.7. The first-order valence-electron chi connectivity index (χ1n) is 10.5. The van der Waals surface area contributed by atoms with Crippen LogP contribution in [-0.2, 0) is 0 Å². The van der Waals surface area contributed by atoms with Gasteiger partial charge in [-0.1, -0.05) is 97.1 Å². The second-order valence-electron chi connectivity index (χ2n) is 7.70. The van der Waals surface area contributed by atoms with Crippen LogP contribution in [0.1, 0.15) is 34.3 Å². The average Bonchev–Trinajstić information content (AvgIpc) is 2.80. The van der Waals surface area contributed by atoms with Crippen LogP contribution in [0.15, 0.2) is 109 Å². The van der Waals surface area contributed by atoms with Crippen LogP contribution >= 0.6 is 0 Å². The quantitative estimate of drug-likeness (QED) is 0.344. The second-order valence-corrected chi connectivity index (χ2v) is 7.70. The van der Waals surface area contributed by atoms with E-state index in [1.54, 1.807) is 0 Å². The topological polar surface area (TPSA) is 24.1 Å². The molecule has 0 radical (unpaired) electrons. The van der Waals surface area contributed by atoms with Crippen LogP contribution in [-0.4, -0.2) is 0 Å². The minimum Gasteiger partial charge on any atom is -0.376 e. The van der Waals surface area contributed by atoms with Crippen molar-refractivity contribution in [2.75, 3.05) is 10.6 Å². The van der Waals surface area contributed by atoms with Gasteiger partial charge in [0.25, 0.3) is 0 Å². The second kappa shape index (κ2) is 9.32. The fraction of sp³-hybridized carbons (Fsp3) is 0.143. The molecule has 0 heterocycles. The van der Waals surface area contributed by atoms with Crippen LogP contribution in [0.2, 0.25) is 0 Å². The van der Waals surface area contributed by atoms with Crippen molar-refractivity contribution in [3.05, 3.63) is 131 Å². The van der Waals surface area contributed by atoms with Crippen molar-refractivity contribution < 1.29 is 0 Å². The Hall–Kier alpha value is -3.52. The number of rotatable bonds is 7. The molecule has 2 heteroatoms. The number of nitrogens with one attached hydrogen (secondary N) is 2. The molecule has 0 aliphatic carbocycles. The number of para-hydroxylation sites is 2. The van der Waals surface area contributed by atoms with Crippen LogP contribution in [0.5, 0.6) is 0 Å². The Kier molecular flexibility index (Phi) is 6.14. The van der Waals surface area contributed by atoms with E-state index in [-0.39, 0.29) is 12.1 Å². The molecule has 0 saturated heterocycles. The molecule has 2 N–H and O–H groups in total. The Bertz CT molecular complexity index is 985. The van der Waals surface area contributed by atoms with Gasteiger partial charge in [-0.2, -0.15) is 0 Å². The minimum absolute atomic E-state index is 0.0503. The number of aryl methyl sites for hydroxylation is 2. The summed E-state index contributed by atoms with van der Waals surface area (Å²) in [5, 5.41) is 7.68. The van der Waals surface area contributed by atoms with Crippen molar-refractivity contribution in [3.8, 4) is 0 Å². The SMILES string of the molecule is Cc1ccccc1N[C@@H](c1ccccc1)[C@@H](Nc1ccccc1C)c1ccccc1. The van der Waals surface area contributed by atoms with Gasteiger partial charge in [-0.25, -0.2) is 0 Å². The zero-order valence-corrected chi connectivity index (χ0v) is 17.5. The molecule has 0 unspecified atom stereocenters. The van der Waals surface area contributed by atoms with Crippen LogP contribution < -0.4 is 10.6 Å². The van der Waals surface area contributed by atoms with E-state index < -0.39 is 0 Å². The summed E-state index contributed by atoms with van der Waals surface area (Å²) in [5.74, 6) is 0. The molecular weight excluding hydrogens is 364 g/mol. The molecule has 0 aromatic heterocycles. The third kappa shape index (κ3) is 4.55. The molecule has 0 spiro atoms. The first kappa shape index (κ1) is 19.8. The van der Waals surface area contributed by atoms with E-state index in [0.29, 0.717) is 0 Å². The third-order valence-electron chi connectivity index (χ3n) is 5.56. The molecule has 0 aliphatic rings.